The maximum absolute atomic E-state index is 12.6. The molecule has 7 heteroatoms. The molecule has 0 saturated carbocycles. The first-order valence-electron chi connectivity index (χ1n) is 20.4. The largest absolute Gasteiger partial charge is 0.481 e. The summed E-state index contributed by atoms with van der Waals surface area (Å²) >= 11 is 0. The fraction of sp³-hybridized carbons (Fsp3) is 0.727. The number of aliphatic carboxylic acids is 2. The monoisotopic (exact) mass is 715 g/mol. The first kappa shape index (κ1) is 48.0. The van der Waals surface area contributed by atoms with Gasteiger partial charge in [0.2, 0.25) is 0 Å². The van der Waals surface area contributed by atoms with Crippen molar-refractivity contribution < 1.29 is 34.1 Å². The van der Waals surface area contributed by atoms with Gasteiger partial charge >= 0.3 is 23.9 Å². The number of hydrogen-bond donors (Lipinski definition) is 2. The molecule has 0 heterocycles. The van der Waals surface area contributed by atoms with E-state index in [4.69, 9.17) is 14.9 Å². The normalized spacial score (nSPS) is 12.7. The lowest BCUT2D eigenvalue weighted by atomic mass is 10.0. The van der Waals surface area contributed by atoms with Crippen molar-refractivity contribution in [2.75, 3.05) is 0 Å². The third-order valence-electron chi connectivity index (χ3n) is 9.74. The summed E-state index contributed by atoms with van der Waals surface area (Å²) in [7, 11) is 0. The number of hydrogen-bond acceptors (Lipinski definition) is 5. The predicted molar refractivity (Wildman–Crippen MR) is 211 cm³/mol. The van der Waals surface area contributed by atoms with E-state index < -0.39 is 23.9 Å². The molecule has 0 spiro atoms. The van der Waals surface area contributed by atoms with Gasteiger partial charge in [0, 0.05) is 24.0 Å². The number of carbonyl (C=O) groups is 4. The van der Waals surface area contributed by atoms with Crippen molar-refractivity contribution in [1.82, 2.24) is 0 Å². The van der Waals surface area contributed by atoms with Crippen LogP contribution in [0.15, 0.2) is 46.6 Å². The Kier molecular flexibility index (Phi) is 32.2. The van der Waals surface area contributed by atoms with Gasteiger partial charge in [0.25, 0.3) is 0 Å². The molecule has 0 aliphatic rings. The molecule has 0 fully saturated rings. The van der Waals surface area contributed by atoms with Crippen LogP contribution in [0.5, 0.6) is 0 Å². The van der Waals surface area contributed by atoms with E-state index in [2.05, 4.69) is 12.2 Å². The Hall–Kier alpha value is -2.96. The highest BCUT2D eigenvalue weighted by molar-refractivity contribution is 6.02. The molecule has 2 N–H and O–H groups in total. The van der Waals surface area contributed by atoms with Gasteiger partial charge in [-0.25, -0.2) is 9.59 Å². The third kappa shape index (κ3) is 31.5. The molecule has 0 rings (SSSR count). The zero-order valence-corrected chi connectivity index (χ0v) is 33.0. The van der Waals surface area contributed by atoms with Gasteiger partial charge < -0.3 is 14.9 Å². The highest BCUT2D eigenvalue weighted by Gasteiger charge is 2.16. The Morgan fingerprint density at radius 1 is 0.392 bits per heavy atom. The van der Waals surface area contributed by atoms with Crippen molar-refractivity contribution in [3.8, 4) is 0 Å². The Balaban J connectivity index is 4.01. The van der Waals surface area contributed by atoms with Crippen molar-refractivity contribution in [2.24, 2.45) is 0 Å². The molecule has 0 amide bonds. The van der Waals surface area contributed by atoms with Crippen LogP contribution in [-0.4, -0.2) is 34.1 Å². The Morgan fingerprint density at radius 2 is 0.627 bits per heavy atom. The maximum atomic E-state index is 12.6. The standard InChI is InChI=1S/C44H74O7/c1-37(33-29-25-21-17-13-9-5-7-11-15-19-23-27-31-35-41(45)46)39(3)43(49)51-44(50)40(4)38(2)34-30-26-22-18-14-10-6-8-12-16-20-24-28-32-36-42(47)48/h29-30,33-34H,5-28,31-32,35-36H2,1-4H3,(H,45,46)(H,47,48)/b33-29+,34-30+,39-37+,40-38+. The molecule has 0 aromatic carbocycles. The average molecular weight is 715 g/mol. The zero-order valence-electron chi connectivity index (χ0n) is 33.0. The van der Waals surface area contributed by atoms with Gasteiger partial charge in [-0.05, 0) is 77.4 Å². The first-order valence-corrected chi connectivity index (χ1v) is 20.4. The summed E-state index contributed by atoms with van der Waals surface area (Å²) in [5.41, 5.74) is 2.53. The summed E-state index contributed by atoms with van der Waals surface area (Å²) in [6, 6.07) is 0. The second-order valence-electron chi connectivity index (χ2n) is 14.4. The van der Waals surface area contributed by atoms with Crippen LogP contribution < -0.4 is 0 Å². The van der Waals surface area contributed by atoms with Crippen molar-refractivity contribution in [3.05, 3.63) is 46.6 Å². The Morgan fingerprint density at radius 3 is 0.882 bits per heavy atom. The van der Waals surface area contributed by atoms with E-state index in [0.29, 0.717) is 24.0 Å². The van der Waals surface area contributed by atoms with E-state index in [1.807, 2.05) is 26.0 Å². The molecule has 0 aliphatic carbocycles. The second-order valence-corrected chi connectivity index (χ2v) is 14.4. The smallest absolute Gasteiger partial charge is 0.341 e. The number of ether oxygens (including phenoxy) is 1. The molecule has 0 unspecified atom stereocenters. The van der Waals surface area contributed by atoms with E-state index in [-0.39, 0.29) is 0 Å². The van der Waals surface area contributed by atoms with E-state index in [9.17, 15) is 19.2 Å². The van der Waals surface area contributed by atoms with Gasteiger partial charge in [-0.2, -0.15) is 0 Å². The minimum Gasteiger partial charge on any atom is -0.481 e. The van der Waals surface area contributed by atoms with Gasteiger partial charge in [0.1, 0.15) is 0 Å². The van der Waals surface area contributed by atoms with Gasteiger partial charge in [0.05, 0.1) is 0 Å². The molecule has 0 saturated heterocycles. The van der Waals surface area contributed by atoms with Crippen molar-refractivity contribution in [3.63, 3.8) is 0 Å². The number of esters is 2. The molecule has 0 aliphatic heterocycles. The molecule has 0 radical (unpaired) electrons. The lowest BCUT2D eigenvalue weighted by molar-refractivity contribution is -0.154. The molecule has 0 atom stereocenters. The quantitative estimate of drug-likeness (QED) is 0.0224. The summed E-state index contributed by atoms with van der Waals surface area (Å²) in [4.78, 5) is 46.3. The minimum absolute atomic E-state index is 0.298. The molecule has 0 bridgehead atoms. The molecular weight excluding hydrogens is 640 g/mol. The first-order chi connectivity index (χ1) is 24.6. The number of unbranched alkanes of at least 4 members (excludes halogenated alkanes) is 24. The average Bonchev–Trinajstić information content (AvgIpc) is 3.09. The molecule has 0 aromatic heterocycles. The van der Waals surface area contributed by atoms with Crippen molar-refractivity contribution in [2.45, 2.75) is 207 Å². The fourth-order valence-corrected chi connectivity index (χ4v) is 5.94. The fourth-order valence-electron chi connectivity index (χ4n) is 5.94. The highest BCUT2D eigenvalue weighted by atomic mass is 16.6. The molecule has 292 valence electrons. The van der Waals surface area contributed by atoms with Crippen LogP contribution in [-0.2, 0) is 23.9 Å². The van der Waals surface area contributed by atoms with Crippen LogP contribution >= 0.6 is 0 Å². The Labute approximate surface area is 311 Å². The van der Waals surface area contributed by atoms with E-state index in [1.165, 1.54) is 103 Å². The lowest BCUT2D eigenvalue weighted by Gasteiger charge is -2.07. The van der Waals surface area contributed by atoms with E-state index in [1.54, 1.807) is 13.8 Å². The Bertz CT molecular complexity index is 995. The number of allylic oxidation sites excluding steroid dienone is 6. The van der Waals surface area contributed by atoms with Crippen LogP contribution in [0.4, 0.5) is 0 Å². The number of rotatable bonds is 34. The van der Waals surface area contributed by atoms with Gasteiger partial charge in [-0.1, -0.05) is 153 Å². The van der Waals surface area contributed by atoms with Crippen LogP contribution in [0.25, 0.3) is 0 Å². The predicted octanol–water partition coefficient (Wildman–Crippen LogP) is 12.9. The van der Waals surface area contributed by atoms with E-state index >= 15 is 0 Å². The zero-order chi connectivity index (χ0) is 38.0. The summed E-state index contributed by atoms with van der Waals surface area (Å²) in [6.07, 6.45) is 38.9. The number of carboxylic acid groups (broad SMARTS) is 2. The molecule has 0 aromatic rings. The summed E-state index contributed by atoms with van der Waals surface area (Å²) in [6.45, 7) is 7.16. The number of carboxylic acids is 2. The van der Waals surface area contributed by atoms with Crippen molar-refractivity contribution >= 4 is 23.9 Å². The molecule has 51 heavy (non-hydrogen) atoms. The third-order valence-corrected chi connectivity index (χ3v) is 9.74. The van der Waals surface area contributed by atoms with Gasteiger partial charge in [-0.3, -0.25) is 9.59 Å². The topological polar surface area (TPSA) is 118 Å². The summed E-state index contributed by atoms with van der Waals surface area (Å²) < 4.78 is 5.19. The SMILES string of the molecule is CC(/C=C/CCCCCCCCCCCCCCC(=O)O)=C(/C)C(=O)OC(=O)/C(C)=C(C)/C=C/CCCCCCCCCCCCCCC(=O)O. The van der Waals surface area contributed by atoms with Crippen LogP contribution in [0, 0.1) is 0 Å². The van der Waals surface area contributed by atoms with Gasteiger partial charge in [-0.15, -0.1) is 0 Å². The molecule has 7 nitrogen and oxygen atoms in total. The second kappa shape index (κ2) is 34.1. The summed E-state index contributed by atoms with van der Waals surface area (Å²) in [5.74, 6) is -2.56. The van der Waals surface area contributed by atoms with Gasteiger partial charge in [0.15, 0.2) is 0 Å². The number of carbonyl (C=O) groups excluding carboxylic acids is 2. The van der Waals surface area contributed by atoms with Crippen LogP contribution in [0.2, 0.25) is 0 Å². The minimum atomic E-state index is -0.689. The molecular formula is C44H74O7. The highest BCUT2D eigenvalue weighted by Crippen LogP contribution is 2.16. The van der Waals surface area contributed by atoms with Crippen molar-refractivity contribution in [1.29, 1.82) is 0 Å². The summed E-state index contributed by atoms with van der Waals surface area (Å²) in [5, 5.41) is 17.3. The maximum Gasteiger partial charge on any atom is 0.341 e. The van der Waals surface area contributed by atoms with E-state index in [0.717, 1.165) is 75.4 Å². The van der Waals surface area contributed by atoms with Crippen LogP contribution in [0.3, 0.4) is 0 Å². The van der Waals surface area contributed by atoms with Crippen LogP contribution in [0.1, 0.15) is 207 Å². The lowest BCUT2D eigenvalue weighted by Crippen LogP contribution is -2.15.